The van der Waals surface area contributed by atoms with E-state index in [9.17, 15) is 0 Å². The van der Waals surface area contributed by atoms with Crippen LogP contribution >= 0.6 is 0 Å². The molecular formula is C25H14IrN-. The van der Waals surface area contributed by atoms with Gasteiger partial charge < -0.3 is 0 Å². The van der Waals surface area contributed by atoms with Crippen molar-refractivity contribution in [3.63, 3.8) is 0 Å². The van der Waals surface area contributed by atoms with E-state index in [2.05, 4.69) is 91.0 Å². The van der Waals surface area contributed by atoms with Crippen molar-refractivity contribution >= 4 is 44.6 Å². The zero-order valence-corrected chi connectivity index (χ0v) is 16.8. The molecule has 1 nitrogen and oxygen atoms in total. The van der Waals surface area contributed by atoms with Crippen molar-refractivity contribution in [2.45, 2.75) is 0 Å². The standard InChI is InChI=1S/C25H14N.Ir/c1-2-5-18-13-22-14-20(10-9-19(22)12-17(18)4-1)24-15-21-11-8-16-6-3-7-23(26-24)25(16)21;/h1-9,11-15H;/q-1;. The van der Waals surface area contributed by atoms with Gasteiger partial charge in [-0.2, -0.15) is 0 Å². The molecule has 0 unspecified atom stereocenters. The first-order valence-electron chi connectivity index (χ1n) is 8.82. The van der Waals surface area contributed by atoms with Crippen molar-refractivity contribution < 1.29 is 20.1 Å². The molecule has 27 heavy (non-hydrogen) atoms. The Labute approximate surface area is 170 Å². The van der Waals surface area contributed by atoms with Gasteiger partial charge in [-0.25, -0.2) is 0 Å². The molecule has 0 N–H and O–H groups in total. The van der Waals surface area contributed by atoms with Crippen LogP contribution < -0.4 is 0 Å². The number of pyridine rings is 1. The summed E-state index contributed by atoms with van der Waals surface area (Å²) in [6, 6.07) is 29.2. The molecule has 2 heteroatoms. The maximum atomic E-state index is 4.91. The van der Waals surface area contributed by atoms with E-state index in [0.717, 1.165) is 16.8 Å². The summed E-state index contributed by atoms with van der Waals surface area (Å²) >= 11 is 0. The van der Waals surface area contributed by atoms with Gasteiger partial charge in [0.15, 0.2) is 0 Å². The maximum absolute atomic E-state index is 4.91. The number of hydrogen-bond donors (Lipinski definition) is 0. The first-order valence-corrected chi connectivity index (χ1v) is 8.82. The molecular weight excluding hydrogens is 506 g/mol. The minimum Gasteiger partial charge on any atom is -0.296 e. The smallest absolute Gasteiger partial charge is 0.0607 e. The minimum absolute atomic E-state index is 0. The SMILES string of the molecule is [Ir].[c-]1cc2cc3ccccc3cc2cc1-c1cc2c3c(cccc3n1)C=C2. The number of nitrogens with zero attached hydrogens (tertiary/aromatic N) is 1. The van der Waals surface area contributed by atoms with E-state index < -0.39 is 0 Å². The molecule has 0 aliphatic heterocycles. The zero-order chi connectivity index (χ0) is 17.1. The Morgan fingerprint density at radius 1 is 0.667 bits per heavy atom. The third-order valence-electron chi connectivity index (χ3n) is 5.25. The van der Waals surface area contributed by atoms with Gasteiger partial charge in [-0.15, -0.1) is 29.1 Å². The number of hydrogen-bond acceptors (Lipinski definition) is 1. The second kappa shape index (κ2) is 6.13. The fraction of sp³-hybridized carbons (Fsp3) is 0. The van der Waals surface area contributed by atoms with Crippen LogP contribution in [0.15, 0.2) is 72.8 Å². The van der Waals surface area contributed by atoms with E-state index in [1.165, 1.54) is 38.1 Å². The minimum atomic E-state index is 0. The molecule has 5 aromatic rings. The fourth-order valence-corrected chi connectivity index (χ4v) is 3.96. The van der Waals surface area contributed by atoms with E-state index in [1.54, 1.807) is 0 Å². The third-order valence-corrected chi connectivity index (χ3v) is 5.25. The summed E-state index contributed by atoms with van der Waals surface area (Å²) in [5.41, 5.74) is 5.56. The Kier molecular flexibility index (Phi) is 3.72. The monoisotopic (exact) mass is 521 g/mol. The molecule has 0 saturated heterocycles. The Hall–Kier alpha value is -2.80. The van der Waals surface area contributed by atoms with Crippen LogP contribution in [0, 0.1) is 6.07 Å². The molecule has 1 aromatic heterocycles. The second-order valence-electron chi connectivity index (χ2n) is 6.85. The molecule has 4 aromatic carbocycles. The van der Waals surface area contributed by atoms with E-state index in [4.69, 9.17) is 4.98 Å². The summed E-state index contributed by atoms with van der Waals surface area (Å²) in [5.74, 6) is 0. The molecule has 129 valence electrons. The number of fused-ring (bicyclic) bond motifs is 2. The predicted octanol–water partition coefficient (Wildman–Crippen LogP) is 6.49. The van der Waals surface area contributed by atoms with Crippen molar-refractivity contribution in [1.29, 1.82) is 0 Å². The van der Waals surface area contributed by atoms with E-state index in [-0.39, 0.29) is 20.1 Å². The summed E-state index contributed by atoms with van der Waals surface area (Å²) in [7, 11) is 0. The van der Waals surface area contributed by atoms with Gasteiger partial charge >= 0.3 is 0 Å². The van der Waals surface area contributed by atoms with Gasteiger partial charge in [0, 0.05) is 25.5 Å². The molecule has 0 bridgehead atoms. The maximum Gasteiger partial charge on any atom is 0.0607 e. The predicted molar refractivity (Wildman–Crippen MR) is 110 cm³/mol. The van der Waals surface area contributed by atoms with E-state index in [1.807, 2.05) is 0 Å². The average Bonchev–Trinajstić information content (AvgIpc) is 3.10. The summed E-state index contributed by atoms with van der Waals surface area (Å²) < 4.78 is 0. The van der Waals surface area contributed by atoms with Crippen LogP contribution in [0.2, 0.25) is 0 Å². The molecule has 0 atom stereocenters. The van der Waals surface area contributed by atoms with Crippen molar-refractivity contribution in [3.8, 4) is 11.3 Å². The van der Waals surface area contributed by atoms with Crippen molar-refractivity contribution in [2.75, 3.05) is 0 Å². The fourth-order valence-electron chi connectivity index (χ4n) is 3.96. The van der Waals surface area contributed by atoms with Gasteiger partial charge in [0.25, 0.3) is 0 Å². The van der Waals surface area contributed by atoms with Crippen molar-refractivity contribution in [2.24, 2.45) is 0 Å². The Bertz CT molecular complexity index is 1380. The number of benzene rings is 4. The van der Waals surface area contributed by atoms with Crippen LogP contribution in [0.5, 0.6) is 0 Å². The molecule has 1 heterocycles. The van der Waals surface area contributed by atoms with E-state index in [0.29, 0.717) is 0 Å². The van der Waals surface area contributed by atoms with Gasteiger partial charge in [-0.1, -0.05) is 72.1 Å². The van der Waals surface area contributed by atoms with Gasteiger partial charge in [0.2, 0.25) is 0 Å². The zero-order valence-electron chi connectivity index (χ0n) is 14.4. The normalized spacial score (nSPS) is 12.0. The topological polar surface area (TPSA) is 12.9 Å². The van der Waals surface area contributed by atoms with Crippen molar-refractivity contribution in [1.82, 2.24) is 4.98 Å². The van der Waals surface area contributed by atoms with Gasteiger partial charge in [0.05, 0.1) is 5.52 Å². The molecule has 0 saturated carbocycles. The van der Waals surface area contributed by atoms with E-state index >= 15 is 0 Å². The average molecular weight is 521 g/mol. The van der Waals surface area contributed by atoms with Crippen LogP contribution in [0.25, 0.3) is 55.9 Å². The summed E-state index contributed by atoms with van der Waals surface area (Å²) in [6.45, 7) is 0. The van der Waals surface area contributed by atoms with Crippen LogP contribution in [0.4, 0.5) is 0 Å². The molecule has 1 aliphatic rings. The summed E-state index contributed by atoms with van der Waals surface area (Å²) in [5, 5.41) is 6.20. The molecule has 0 amide bonds. The largest absolute Gasteiger partial charge is 0.296 e. The van der Waals surface area contributed by atoms with Crippen molar-refractivity contribution in [3.05, 3.63) is 90.0 Å². The Morgan fingerprint density at radius 3 is 2.30 bits per heavy atom. The second-order valence-corrected chi connectivity index (χ2v) is 6.85. The van der Waals surface area contributed by atoms with Gasteiger partial charge in [0.1, 0.15) is 0 Å². The number of rotatable bonds is 1. The Balaban J connectivity index is 0.00000160. The van der Waals surface area contributed by atoms with Crippen LogP contribution in [-0.2, 0) is 20.1 Å². The first-order chi connectivity index (χ1) is 12.8. The van der Waals surface area contributed by atoms with Crippen LogP contribution in [-0.4, -0.2) is 4.98 Å². The summed E-state index contributed by atoms with van der Waals surface area (Å²) in [4.78, 5) is 4.91. The van der Waals surface area contributed by atoms with Crippen LogP contribution in [0.3, 0.4) is 0 Å². The summed E-state index contributed by atoms with van der Waals surface area (Å²) in [6.07, 6.45) is 4.34. The first kappa shape index (κ1) is 16.4. The molecule has 0 fully saturated rings. The van der Waals surface area contributed by atoms with Gasteiger partial charge in [-0.05, 0) is 33.7 Å². The number of aromatic nitrogens is 1. The molecule has 1 radical (unpaired) electrons. The quantitative estimate of drug-likeness (QED) is 0.178. The third kappa shape index (κ3) is 2.53. The molecule has 6 rings (SSSR count). The molecule has 1 aliphatic carbocycles. The molecule has 0 spiro atoms. The Morgan fingerprint density at radius 2 is 1.44 bits per heavy atom. The van der Waals surface area contributed by atoms with Crippen LogP contribution in [0.1, 0.15) is 11.1 Å². The van der Waals surface area contributed by atoms with Gasteiger partial charge in [-0.3, -0.25) is 4.98 Å².